The minimum absolute atomic E-state index is 0.177. The Balaban J connectivity index is 2.21. The summed E-state index contributed by atoms with van der Waals surface area (Å²) in [5.41, 5.74) is 7.71. The first-order valence-corrected chi connectivity index (χ1v) is 8.41. The zero-order valence-electron chi connectivity index (χ0n) is 12.7. The fourth-order valence-corrected chi connectivity index (χ4v) is 4.78. The molecule has 2 rings (SSSR count). The standard InChI is InChI=1S/C16H28N2S/c1-11-7-5-6-8-14(11)18(4)15(13(3)17)16-12(2)9-10-19-16/h9-11,13-15H,5-8,17H2,1-4H3. The van der Waals surface area contributed by atoms with Crippen LogP contribution in [0.25, 0.3) is 0 Å². The third-order valence-corrected chi connectivity index (χ3v) is 5.79. The van der Waals surface area contributed by atoms with E-state index in [1.54, 1.807) is 0 Å². The first-order valence-electron chi connectivity index (χ1n) is 7.54. The highest BCUT2D eigenvalue weighted by molar-refractivity contribution is 7.10. The van der Waals surface area contributed by atoms with E-state index < -0.39 is 0 Å². The summed E-state index contributed by atoms with van der Waals surface area (Å²) >= 11 is 1.86. The Morgan fingerprint density at radius 3 is 2.58 bits per heavy atom. The Hall–Kier alpha value is -0.380. The van der Waals surface area contributed by atoms with Gasteiger partial charge in [-0.2, -0.15) is 0 Å². The molecule has 1 aliphatic rings. The normalized spacial score (nSPS) is 27.5. The lowest BCUT2D eigenvalue weighted by atomic mass is 9.84. The number of aryl methyl sites for hydroxylation is 1. The molecule has 0 saturated heterocycles. The third-order valence-electron chi connectivity index (χ3n) is 4.70. The van der Waals surface area contributed by atoms with E-state index >= 15 is 0 Å². The van der Waals surface area contributed by atoms with Crippen LogP contribution in [-0.2, 0) is 0 Å². The van der Waals surface area contributed by atoms with Crippen LogP contribution in [0.3, 0.4) is 0 Å². The molecule has 1 aromatic heterocycles. The summed E-state index contributed by atoms with van der Waals surface area (Å²) in [5.74, 6) is 0.792. The van der Waals surface area contributed by atoms with Gasteiger partial charge < -0.3 is 5.73 Å². The van der Waals surface area contributed by atoms with E-state index in [4.69, 9.17) is 5.73 Å². The highest BCUT2D eigenvalue weighted by atomic mass is 32.1. The van der Waals surface area contributed by atoms with Crippen molar-refractivity contribution in [3.63, 3.8) is 0 Å². The van der Waals surface area contributed by atoms with Gasteiger partial charge >= 0.3 is 0 Å². The van der Waals surface area contributed by atoms with Crippen molar-refractivity contribution in [2.45, 2.75) is 64.6 Å². The van der Waals surface area contributed by atoms with Crippen molar-refractivity contribution < 1.29 is 0 Å². The van der Waals surface area contributed by atoms with Gasteiger partial charge in [-0.1, -0.05) is 19.8 Å². The molecule has 0 amide bonds. The number of hydrogen-bond donors (Lipinski definition) is 1. The molecule has 0 bridgehead atoms. The molecule has 4 atom stereocenters. The molecule has 108 valence electrons. The van der Waals surface area contributed by atoms with Gasteiger partial charge in [0.2, 0.25) is 0 Å². The van der Waals surface area contributed by atoms with Gasteiger partial charge in [-0.3, -0.25) is 4.90 Å². The Morgan fingerprint density at radius 2 is 2.05 bits per heavy atom. The van der Waals surface area contributed by atoms with Crippen molar-refractivity contribution in [1.29, 1.82) is 0 Å². The molecular weight excluding hydrogens is 252 g/mol. The van der Waals surface area contributed by atoms with E-state index in [-0.39, 0.29) is 6.04 Å². The van der Waals surface area contributed by atoms with Crippen LogP contribution in [0, 0.1) is 12.8 Å². The molecule has 4 unspecified atom stereocenters. The number of hydrogen-bond acceptors (Lipinski definition) is 3. The van der Waals surface area contributed by atoms with Crippen molar-refractivity contribution in [2.75, 3.05) is 7.05 Å². The van der Waals surface area contributed by atoms with Crippen molar-refractivity contribution in [2.24, 2.45) is 11.7 Å². The monoisotopic (exact) mass is 280 g/mol. The molecule has 0 aromatic carbocycles. The highest BCUT2D eigenvalue weighted by Crippen LogP contribution is 2.36. The van der Waals surface area contributed by atoms with Crippen LogP contribution in [0.1, 0.15) is 56.0 Å². The van der Waals surface area contributed by atoms with E-state index in [0.717, 1.165) is 5.92 Å². The average Bonchev–Trinajstić information content (AvgIpc) is 2.76. The number of thiophene rings is 1. The maximum absolute atomic E-state index is 6.31. The van der Waals surface area contributed by atoms with Gasteiger partial charge in [-0.15, -0.1) is 11.3 Å². The van der Waals surface area contributed by atoms with Crippen molar-refractivity contribution >= 4 is 11.3 Å². The fraction of sp³-hybridized carbons (Fsp3) is 0.750. The van der Waals surface area contributed by atoms with Crippen LogP contribution in [0.4, 0.5) is 0 Å². The summed E-state index contributed by atoms with van der Waals surface area (Å²) in [6.45, 7) is 6.76. The predicted octanol–water partition coefficient (Wildman–Crippen LogP) is 3.96. The van der Waals surface area contributed by atoms with Crippen molar-refractivity contribution in [3.8, 4) is 0 Å². The zero-order chi connectivity index (χ0) is 14.0. The predicted molar refractivity (Wildman–Crippen MR) is 84.6 cm³/mol. The molecule has 1 heterocycles. The summed E-state index contributed by atoms with van der Waals surface area (Å²) in [4.78, 5) is 4.02. The van der Waals surface area contributed by atoms with E-state index in [2.05, 4.69) is 44.2 Å². The molecule has 1 aromatic rings. The molecular formula is C16H28N2S. The van der Waals surface area contributed by atoms with Gasteiger partial charge in [-0.25, -0.2) is 0 Å². The molecule has 1 saturated carbocycles. The SMILES string of the molecule is Cc1ccsc1C(C(C)N)N(C)C1CCCCC1C. The van der Waals surface area contributed by atoms with E-state index in [0.29, 0.717) is 12.1 Å². The topological polar surface area (TPSA) is 29.3 Å². The molecule has 19 heavy (non-hydrogen) atoms. The van der Waals surface area contributed by atoms with E-state index in [9.17, 15) is 0 Å². The summed E-state index contributed by atoms with van der Waals surface area (Å²) in [7, 11) is 2.28. The van der Waals surface area contributed by atoms with Gasteiger partial charge in [0.25, 0.3) is 0 Å². The second-order valence-corrected chi connectivity index (χ2v) is 7.21. The van der Waals surface area contributed by atoms with E-state index in [1.807, 2.05) is 11.3 Å². The van der Waals surface area contributed by atoms with Crippen molar-refractivity contribution in [1.82, 2.24) is 4.90 Å². The Bertz CT molecular complexity index is 399. The first-order chi connectivity index (χ1) is 9.02. The van der Waals surface area contributed by atoms with Crippen LogP contribution in [-0.4, -0.2) is 24.0 Å². The summed E-state index contributed by atoms with van der Waals surface area (Å²) in [6.07, 6.45) is 5.45. The fourth-order valence-electron chi connectivity index (χ4n) is 3.59. The third kappa shape index (κ3) is 3.21. The van der Waals surface area contributed by atoms with Gasteiger partial charge in [0.1, 0.15) is 0 Å². The van der Waals surface area contributed by atoms with Gasteiger partial charge in [0.15, 0.2) is 0 Å². The van der Waals surface area contributed by atoms with Crippen LogP contribution in [0.5, 0.6) is 0 Å². The van der Waals surface area contributed by atoms with Crippen molar-refractivity contribution in [3.05, 3.63) is 21.9 Å². The largest absolute Gasteiger partial charge is 0.326 e. The molecule has 0 radical (unpaired) electrons. The van der Waals surface area contributed by atoms with Gasteiger partial charge in [0.05, 0.1) is 6.04 Å². The first kappa shape index (κ1) is 15.0. The maximum atomic E-state index is 6.31. The lowest BCUT2D eigenvalue weighted by Gasteiger charge is -2.42. The zero-order valence-corrected chi connectivity index (χ0v) is 13.5. The molecule has 2 N–H and O–H groups in total. The molecule has 2 nitrogen and oxygen atoms in total. The molecule has 1 fully saturated rings. The van der Waals surface area contributed by atoms with E-state index in [1.165, 1.54) is 36.1 Å². The molecule has 0 spiro atoms. The van der Waals surface area contributed by atoms with Crippen LogP contribution >= 0.6 is 11.3 Å². The Labute approximate surface area is 122 Å². The molecule has 3 heteroatoms. The summed E-state index contributed by atoms with van der Waals surface area (Å²) in [6, 6.07) is 3.45. The van der Waals surface area contributed by atoms with Crippen LogP contribution in [0.2, 0.25) is 0 Å². The maximum Gasteiger partial charge on any atom is 0.0593 e. The molecule has 1 aliphatic carbocycles. The minimum Gasteiger partial charge on any atom is -0.326 e. The lowest BCUT2D eigenvalue weighted by Crippen LogP contribution is -2.46. The average molecular weight is 280 g/mol. The highest BCUT2D eigenvalue weighted by Gasteiger charge is 2.32. The summed E-state index contributed by atoms with van der Waals surface area (Å²) < 4.78 is 0. The second kappa shape index (κ2) is 6.38. The smallest absolute Gasteiger partial charge is 0.0593 e. The number of nitrogens with zero attached hydrogens (tertiary/aromatic N) is 1. The van der Waals surface area contributed by atoms with Crippen LogP contribution in [0.15, 0.2) is 11.4 Å². The summed E-state index contributed by atoms with van der Waals surface area (Å²) in [5, 5.41) is 2.19. The number of likely N-dealkylation sites (N-methyl/N-ethyl adjacent to an activating group) is 1. The lowest BCUT2D eigenvalue weighted by molar-refractivity contribution is 0.0873. The quantitative estimate of drug-likeness (QED) is 0.904. The van der Waals surface area contributed by atoms with Gasteiger partial charge in [-0.05, 0) is 56.7 Å². The Kier molecular flexibility index (Phi) is 5.04. The number of rotatable bonds is 4. The number of nitrogens with two attached hydrogens (primary N) is 1. The second-order valence-electron chi connectivity index (χ2n) is 6.27. The Morgan fingerprint density at radius 1 is 1.37 bits per heavy atom. The van der Waals surface area contributed by atoms with Gasteiger partial charge in [0, 0.05) is 17.0 Å². The minimum atomic E-state index is 0.177. The van der Waals surface area contributed by atoms with Crippen LogP contribution < -0.4 is 5.73 Å². The molecule has 0 aliphatic heterocycles.